The molecule has 3 aliphatic rings. The van der Waals surface area contributed by atoms with Crippen LogP contribution in [-0.2, 0) is 16.1 Å². The number of thioether (sulfide) groups is 1. The molecule has 4 heterocycles. The van der Waals surface area contributed by atoms with Gasteiger partial charge in [-0.1, -0.05) is 44.2 Å². The number of pyridine rings is 1. The van der Waals surface area contributed by atoms with Crippen LogP contribution >= 0.6 is 24.0 Å². The van der Waals surface area contributed by atoms with Crippen molar-refractivity contribution in [3.8, 4) is 6.07 Å². The van der Waals surface area contributed by atoms with E-state index in [0.29, 0.717) is 27.9 Å². The van der Waals surface area contributed by atoms with E-state index in [1.807, 2.05) is 13.0 Å². The second kappa shape index (κ2) is 11.9. The predicted octanol–water partition coefficient (Wildman–Crippen LogP) is 3.35. The number of hydrogen-bond donors (Lipinski definition) is 0. The number of rotatable bonds is 8. The van der Waals surface area contributed by atoms with E-state index in [-0.39, 0.29) is 23.1 Å². The Morgan fingerprint density at radius 1 is 1.22 bits per heavy atom. The third-order valence-corrected chi connectivity index (χ3v) is 8.64. The van der Waals surface area contributed by atoms with Crippen LogP contribution in [0.3, 0.4) is 0 Å². The number of nitrogens with zero attached hydrogens (tertiary/aromatic N) is 5. The molecule has 1 amide bonds. The maximum absolute atomic E-state index is 13.4. The number of unbranched alkanes of at least 4 members (excludes halogenated alkanes) is 1. The molecule has 0 aliphatic carbocycles. The van der Waals surface area contributed by atoms with E-state index in [9.17, 15) is 14.9 Å². The highest BCUT2D eigenvalue weighted by atomic mass is 32.2. The third-order valence-electron chi connectivity index (χ3n) is 7.26. The van der Waals surface area contributed by atoms with Crippen molar-refractivity contribution in [3.63, 3.8) is 0 Å². The van der Waals surface area contributed by atoms with Crippen LogP contribution in [0.2, 0.25) is 0 Å². The van der Waals surface area contributed by atoms with E-state index in [1.54, 1.807) is 9.47 Å². The van der Waals surface area contributed by atoms with Crippen molar-refractivity contribution in [2.24, 2.45) is 0 Å². The Hall–Kier alpha value is -2.19. The number of aromatic nitrogens is 1. The second-order valence-electron chi connectivity index (χ2n) is 9.51. The number of anilines is 1. The van der Waals surface area contributed by atoms with Gasteiger partial charge in [-0.3, -0.25) is 19.1 Å². The summed E-state index contributed by atoms with van der Waals surface area (Å²) >= 11 is 6.85. The quantitative estimate of drug-likeness (QED) is 0.375. The first-order chi connectivity index (χ1) is 17.4. The Balaban J connectivity index is 1.79. The maximum atomic E-state index is 13.4. The van der Waals surface area contributed by atoms with Crippen LogP contribution in [0.1, 0.15) is 56.2 Å². The summed E-state index contributed by atoms with van der Waals surface area (Å²) in [5, 5.41) is 9.88. The summed E-state index contributed by atoms with van der Waals surface area (Å²) in [4.78, 5) is 33.6. The first-order valence-corrected chi connectivity index (χ1v) is 14.1. The van der Waals surface area contributed by atoms with Gasteiger partial charge < -0.3 is 14.5 Å². The van der Waals surface area contributed by atoms with E-state index in [2.05, 4.69) is 29.7 Å². The van der Waals surface area contributed by atoms with Gasteiger partial charge in [0, 0.05) is 44.9 Å². The van der Waals surface area contributed by atoms with Crippen molar-refractivity contribution in [2.45, 2.75) is 59.1 Å². The molecule has 4 rings (SSSR count). The number of carbonyl (C=O) groups excluding carboxylic acids is 1. The van der Waals surface area contributed by atoms with Crippen molar-refractivity contribution in [3.05, 3.63) is 31.9 Å². The summed E-state index contributed by atoms with van der Waals surface area (Å²) in [6.07, 6.45) is 5.56. The Morgan fingerprint density at radius 3 is 2.58 bits per heavy atom. The molecule has 10 heteroatoms. The molecule has 1 unspecified atom stereocenters. The van der Waals surface area contributed by atoms with Gasteiger partial charge in [0.15, 0.2) is 0 Å². The van der Waals surface area contributed by atoms with Gasteiger partial charge in [-0.05, 0) is 44.4 Å². The standard InChI is InChI=1S/C26H35N5O3S2/c1-4-6-9-30-23(29-12-10-28(5-2)11-13-29)20(18(3)21(16-27)24(30)32)15-22-25(33)31(26(35)36-22)17-19-8-7-14-34-19/h15,19H,4-14,17H2,1-3H3/b22-15-. The molecule has 1 aromatic heterocycles. The average Bonchev–Trinajstić information content (AvgIpc) is 3.49. The van der Waals surface area contributed by atoms with Crippen molar-refractivity contribution in [1.29, 1.82) is 5.26 Å². The van der Waals surface area contributed by atoms with Crippen LogP contribution in [0.4, 0.5) is 5.82 Å². The topological polar surface area (TPSA) is 81.8 Å². The zero-order valence-corrected chi connectivity index (χ0v) is 23.1. The van der Waals surface area contributed by atoms with Gasteiger partial charge in [0.2, 0.25) is 0 Å². The summed E-state index contributed by atoms with van der Waals surface area (Å²) in [5.74, 6) is 0.677. The number of carbonyl (C=O) groups is 1. The summed E-state index contributed by atoms with van der Waals surface area (Å²) in [7, 11) is 0. The van der Waals surface area contributed by atoms with Gasteiger partial charge in [0.05, 0.1) is 17.6 Å². The second-order valence-corrected chi connectivity index (χ2v) is 11.2. The number of piperazine rings is 1. The number of hydrogen-bond acceptors (Lipinski definition) is 8. The lowest BCUT2D eigenvalue weighted by molar-refractivity contribution is -0.123. The van der Waals surface area contributed by atoms with E-state index < -0.39 is 0 Å². The van der Waals surface area contributed by atoms with Crippen LogP contribution in [0.5, 0.6) is 0 Å². The van der Waals surface area contributed by atoms with Gasteiger partial charge in [-0.15, -0.1) is 0 Å². The fourth-order valence-corrected chi connectivity index (χ4v) is 6.32. The predicted molar refractivity (Wildman–Crippen MR) is 148 cm³/mol. The zero-order valence-electron chi connectivity index (χ0n) is 21.4. The van der Waals surface area contributed by atoms with E-state index in [1.165, 1.54) is 11.8 Å². The highest BCUT2D eigenvalue weighted by molar-refractivity contribution is 8.26. The van der Waals surface area contributed by atoms with Crippen molar-refractivity contribution >= 4 is 46.1 Å². The van der Waals surface area contributed by atoms with E-state index >= 15 is 0 Å². The SMILES string of the molecule is CCCCn1c(N2CCN(CC)CC2)c(/C=C2\SC(=S)N(CC3CCCO3)C2=O)c(C)c(C#N)c1=O. The summed E-state index contributed by atoms with van der Waals surface area (Å²) in [5.41, 5.74) is 1.28. The molecule has 3 aliphatic heterocycles. The van der Waals surface area contributed by atoms with Gasteiger partial charge >= 0.3 is 0 Å². The van der Waals surface area contributed by atoms with Gasteiger partial charge in [0.25, 0.3) is 11.5 Å². The minimum absolute atomic E-state index is 0.0140. The molecule has 8 nitrogen and oxygen atoms in total. The normalized spacial score (nSPS) is 22.2. The van der Waals surface area contributed by atoms with Crippen LogP contribution in [0, 0.1) is 18.3 Å². The molecule has 0 radical (unpaired) electrons. The maximum Gasteiger partial charge on any atom is 0.270 e. The highest BCUT2D eigenvalue weighted by Crippen LogP contribution is 2.36. The molecular formula is C26H35N5O3S2. The fourth-order valence-electron chi connectivity index (χ4n) is 5.06. The number of likely N-dealkylation sites (N-methyl/N-ethyl adjacent to an activating group) is 1. The first kappa shape index (κ1) is 26.9. The smallest absolute Gasteiger partial charge is 0.270 e. The molecule has 0 saturated carbocycles. The molecule has 0 bridgehead atoms. The zero-order chi connectivity index (χ0) is 25.8. The molecule has 0 spiro atoms. The van der Waals surface area contributed by atoms with Gasteiger partial charge in [0.1, 0.15) is 21.8 Å². The summed E-state index contributed by atoms with van der Waals surface area (Å²) < 4.78 is 8.02. The lowest BCUT2D eigenvalue weighted by Crippen LogP contribution is -2.48. The fraction of sp³-hybridized carbons (Fsp3) is 0.615. The van der Waals surface area contributed by atoms with Gasteiger partial charge in [-0.2, -0.15) is 5.26 Å². The molecule has 194 valence electrons. The minimum Gasteiger partial charge on any atom is -0.376 e. The molecule has 1 atom stereocenters. The highest BCUT2D eigenvalue weighted by Gasteiger charge is 2.35. The Bertz CT molecular complexity index is 1140. The summed E-state index contributed by atoms with van der Waals surface area (Å²) in [6.45, 7) is 12.1. The lowest BCUT2D eigenvalue weighted by Gasteiger charge is -2.37. The van der Waals surface area contributed by atoms with Crippen molar-refractivity contribution < 1.29 is 9.53 Å². The minimum atomic E-state index is -0.251. The van der Waals surface area contributed by atoms with E-state index in [4.69, 9.17) is 17.0 Å². The monoisotopic (exact) mass is 529 g/mol. The molecule has 0 aromatic carbocycles. The Labute approximate surface area is 222 Å². The molecule has 3 saturated heterocycles. The van der Waals surface area contributed by atoms with Gasteiger partial charge in [-0.25, -0.2) is 0 Å². The number of amides is 1. The first-order valence-electron chi connectivity index (χ1n) is 12.9. The van der Waals surface area contributed by atoms with Crippen molar-refractivity contribution in [1.82, 2.24) is 14.4 Å². The largest absolute Gasteiger partial charge is 0.376 e. The van der Waals surface area contributed by atoms with E-state index in [0.717, 1.165) is 76.4 Å². The molecule has 3 fully saturated rings. The average molecular weight is 530 g/mol. The van der Waals surface area contributed by atoms with Crippen LogP contribution < -0.4 is 10.5 Å². The van der Waals surface area contributed by atoms with Crippen LogP contribution in [-0.4, -0.2) is 76.6 Å². The third kappa shape index (κ3) is 5.40. The Morgan fingerprint density at radius 2 is 1.97 bits per heavy atom. The lowest BCUT2D eigenvalue weighted by atomic mass is 10.0. The number of ether oxygens (including phenoxy) is 1. The number of nitriles is 1. The molecule has 36 heavy (non-hydrogen) atoms. The summed E-state index contributed by atoms with van der Waals surface area (Å²) in [6, 6.07) is 2.14. The molecular weight excluding hydrogens is 494 g/mol. The van der Waals surface area contributed by atoms with Crippen molar-refractivity contribution in [2.75, 3.05) is 50.8 Å². The van der Waals surface area contributed by atoms with Crippen LogP contribution in [0.15, 0.2) is 9.70 Å². The number of thiocarbonyl (C=S) groups is 1. The Kier molecular flexibility index (Phi) is 8.88. The molecule has 1 aromatic rings. The van der Waals surface area contributed by atoms with Crippen LogP contribution in [0.25, 0.3) is 6.08 Å². The molecule has 0 N–H and O–H groups in total.